The van der Waals surface area contributed by atoms with Crippen LogP contribution in [0.1, 0.15) is 10.5 Å². The summed E-state index contributed by atoms with van der Waals surface area (Å²) in [6.45, 7) is 4.62. The molecule has 2 aromatic heterocycles. The number of hydrogen-bond acceptors (Lipinski definition) is 5. The molecule has 1 saturated heterocycles. The van der Waals surface area contributed by atoms with Crippen LogP contribution in [-0.2, 0) is 11.8 Å². The molecule has 4 rings (SSSR count). The van der Waals surface area contributed by atoms with E-state index in [0.29, 0.717) is 12.2 Å². The smallest absolute Gasteiger partial charge is 0.270 e. The molecule has 0 unspecified atom stereocenters. The molecule has 1 N–H and O–H groups in total. The van der Waals surface area contributed by atoms with Gasteiger partial charge in [-0.15, -0.1) is 0 Å². The number of rotatable bonds is 6. The van der Waals surface area contributed by atoms with E-state index in [4.69, 9.17) is 9.72 Å². The molecule has 0 aliphatic carbocycles. The van der Waals surface area contributed by atoms with Crippen LogP contribution in [0.15, 0.2) is 42.6 Å². The number of aromatic nitrogens is 2. The Kier molecular flexibility index (Phi) is 6.01. The number of pyridine rings is 1. The van der Waals surface area contributed by atoms with Gasteiger partial charge in [0.25, 0.3) is 5.91 Å². The number of anilines is 1. The van der Waals surface area contributed by atoms with Crippen LogP contribution in [-0.4, -0.2) is 73.8 Å². The molecule has 7 nitrogen and oxygen atoms in total. The maximum Gasteiger partial charge on any atom is 0.270 e. The predicted octanol–water partition coefficient (Wildman–Crippen LogP) is 2.37. The largest absolute Gasteiger partial charge is 0.378 e. The van der Waals surface area contributed by atoms with Gasteiger partial charge in [0.1, 0.15) is 5.69 Å². The molecule has 1 amide bonds. The fourth-order valence-corrected chi connectivity index (χ4v) is 3.75. The number of morpholine rings is 1. The number of fused-ring (bicyclic) bond motifs is 1. The van der Waals surface area contributed by atoms with Crippen molar-refractivity contribution in [1.29, 1.82) is 0 Å². The molecule has 0 spiro atoms. The van der Waals surface area contributed by atoms with E-state index in [1.807, 2.05) is 48.9 Å². The van der Waals surface area contributed by atoms with Crippen molar-refractivity contribution in [1.82, 2.24) is 19.8 Å². The van der Waals surface area contributed by atoms with E-state index in [1.165, 1.54) is 0 Å². The minimum absolute atomic E-state index is 0.140. The van der Waals surface area contributed by atoms with E-state index >= 15 is 0 Å². The third-order valence-corrected chi connectivity index (χ3v) is 5.46. The molecule has 7 heteroatoms. The van der Waals surface area contributed by atoms with E-state index in [0.717, 1.165) is 60.7 Å². The summed E-state index contributed by atoms with van der Waals surface area (Å²) in [6.07, 6.45) is 1.97. The van der Waals surface area contributed by atoms with Crippen LogP contribution in [0, 0.1) is 0 Å². The monoisotopic (exact) mass is 407 g/mol. The lowest BCUT2D eigenvalue weighted by molar-refractivity contribution is 0.0948. The standard InChI is InChI=1S/C23H29N5O2/c1-26(2)10-8-24-23(29)22-19-7-9-27(3)21(19)16-20(25-22)17-5-4-6-18(15-17)28-11-13-30-14-12-28/h4-7,9,15-16H,8,10-14H2,1-3H3,(H,24,29). The molecule has 0 saturated carbocycles. The molecule has 0 atom stereocenters. The van der Waals surface area contributed by atoms with Gasteiger partial charge in [-0.05, 0) is 38.4 Å². The van der Waals surface area contributed by atoms with Crippen LogP contribution in [0.2, 0.25) is 0 Å². The molecule has 30 heavy (non-hydrogen) atoms. The molecule has 1 fully saturated rings. The van der Waals surface area contributed by atoms with Gasteiger partial charge in [0.15, 0.2) is 0 Å². The molecule has 3 heterocycles. The average molecular weight is 408 g/mol. The lowest BCUT2D eigenvalue weighted by atomic mass is 10.1. The van der Waals surface area contributed by atoms with Gasteiger partial charge in [0.2, 0.25) is 0 Å². The van der Waals surface area contributed by atoms with Crippen molar-refractivity contribution >= 4 is 22.5 Å². The Balaban J connectivity index is 1.69. The van der Waals surface area contributed by atoms with Crippen LogP contribution in [0.5, 0.6) is 0 Å². The van der Waals surface area contributed by atoms with E-state index in [-0.39, 0.29) is 5.91 Å². The SMILES string of the molecule is CN(C)CCNC(=O)c1nc(-c2cccc(N3CCOCC3)c2)cc2c1ccn2C. The highest BCUT2D eigenvalue weighted by atomic mass is 16.5. The van der Waals surface area contributed by atoms with Crippen LogP contribution < -0.4 is 10.2 Å². The number of amides is 1. The lowest BCUT2D eigenvalue weighted by Crippen LogP contribution is -2.36. The Morgan fingerprint density at radius 2 is 2.00 bits per heavy atom. The summed E-state index contributed by atoms with van der Waals surface area (Å²) in [5.74, 6) is -0.140. The van der Waals surface area contributed by atoms with Gasteiger partial charge in [0.05, 0.1) is 24.4 Å². The zero-order chi connectivity index (χ0) is 21.1. The van der Waals surface area contributed by atoms with Crippen molar-refractivity contribution in [2.45, 2.75) is 0 Å². The Hall–Kier alpha value is -2.90. The van der Waals surface area contributed by atoms with Gasteiger partial charge in [-0.25, -0.2) is 4.98 Å². The van der Waals surface area contributed by atoms with Crippen molar-refractivity contribution in [3.05, 3.63) is 48.3 Å². The first kappa shape index (κ1) is 20.4. The Morgan fingerprint density at radius 1 is 1.20 bits per heavy atom. The van der Waals surface area contributed by atoms with Crippen molar-refractivity contribution in [2.24, 2.45) is 7.05 Å². The van der Waals surface area contributed by atoms with Crippen LogP contribution in [0.3, 0.4) is 0 Å². The van der Waals surface area contributed by atoms with Crippen LogP contribution in [0.4, 0.5) is 5.69 Å². The van der Waals surface area contributed by atoms with Crippen molar-refractivity contribution in [3.63, 3.8) is 0 Å². The third kappa shape index (κ3) is 4.32. The van der Waals surface area contributed by atoms with E-state index < -0.39 is 0 Å². The summed E-state index contributed by atoms with van der Waals surface area (Å²) < 4.78 is 7.50. The quantitative estimate of drug-likeness (QED) is 0.680. The highest BCUT2D eigenvalue weighted by Gasteiger charge is 2.17. The third-order valence-electron chi connectivity index (χ3n) is 5.46. The highest BCUT2D eigenvalue weighted by molar-refractivity contribution is 6.05. The minimum Gasteiger partial charge on any atom is -0.378 e. The number of aryl methyl sites for hydroxylation is 1. The predicted molar refractivity (Wildman–Crippen MR) is 120 cm³/mol. The van der Waals surface area contributed by atoms with Crippen molar-refractivity contribution < 1.29 is 9.53 Å². The van der Waals surface area contributed by atoms with Crippen molar-refractivity contribution in [2.75, 3.05) is 58.4 Å². The zero-order valence-corrected chi connectivity index (χ0v) is 17.9. The number of likely N-dealkylation sites (N-methyl/N-ethyl adjacent to an activating group) is 1. The molecule has 3 aromatic rings. The van der Waals surface area contributed by atoms with E-state index in [9.17, 15) is 4.79 Å². The summed E-state index contributed by atoms with van der Waals surface area (Å²) in [7, 11) is 5.97. The summed E-state index contributed by atoms with van der Waals surface area (Å²) in [4.78, 5) is 22.1. The molecular formula is C23H29N5O2. The molecule has 1 aromatic carbocycles. The second kappa shape index (κ2) is 8.85. The van der Waals surface area contributed by atoms with Crippen LogP contribution >= 0.6 is 0 Å². The summed E-state index contributed by atoms with van der Waals surface area (Å²) in [5.41, 5.74) is 4.43. The normalized spacial score (nSPS) is 14.5. The number of hydrogen-bond donors (Lipinski definition) is 1. The van der Waals surface area contributed by atoms with Gasteiger partial charge >= 0.3 is 0 Å². The van der Waals surface area contributed by atoms with Crippen LogP contribution in [0.25, 0.3) is 22.2 Å². The Morgan fingerprint density at radius 3 is 2.77 bits per heavy atom. The summed E-state index contributed by atoms with van der Waals surface area (Å²) in [6, 6.07) is 12.4. The summed E-state index contributed by atoms with van der Waals surface area (Å²) >= 11 is 0. The number of carbonyl (C=O) groups excluding carboxylic acids is 1. The Labute approximate surface area is 177 Å². The van der Waals surface area contributed by atoms with Gasteiger partial charge < -0.3 is 24.4 Å². The summed E-state index contributed by atoms with van der Waals surface area (Å²) in [5, 5.41) is 3.87. The van der Waals surface area contributed by atoms with Gasteiger partial charge in [-0.2, -0.15) is 0 Å². The number of carbonyl (C=O) groups is 1. The molecule has 1 aliphatic heterocycles. The number of benzene rings is 1. The minimum atomic E-state index is -0.140. The second-order valence-electron chi connectivity index (χ2n) is 7.92. The Bertz CT molecular complexity index is 1040. The first-order valence-corrected chi connectivity index (χ1v) is 10.3. The van der Waals surface area contributed by atoms with E-state index in [2.05, 4.69) is 34.5 Å². The average Bonchev–Trinajstić information content (AvgIpc) is 3.14. The molecule has 0 radical (unpaired) electrons. The molecule has 1 aliphatic rings. The maximum atomic E-state index is 12.9. The first-order chi connectivity index (χ1) is 14.5. The fourth-order valence-electron chi connectivity index (χ4n) is 3.75. The zero-order valence-electron chi connectivity index (χ0n) is 17.9. The fraction of sp³-hybridized carbons (Fsp3) is 0.391. The van der Waals surface area contributed by atoms with E-state index in [1.54, 1.807) is 0 Å². The molecule has 158 valence electrons. The number of nitrogens with one attached hydrogen (secondary N) is 1. The second-order valence-corrected chi connectivity index (χ2v) is 7.92. The number of ether oxygens (including phenoxy) is 1. The maximum absolute atomic E-state index is 12.9. The topological polar surface area (TPSA) is 62.6 Å². The molecule has 0 bridgehead atoms. The highest BCUT2D eigenvalue weighted by Crippen LogP contribution is 2.28. The van der Waals surface area contributed by atoms with Crippen molar-refractivity contribution in [3.8, 4) is 11.3 Å². The van der Waals surface area contributed by atoms with Gasteiger partial charge in [-0.1, -0.05) is 12.1 Å². The first-order valence-electron chi connectivity index (χ1n) is 10.3. The van der Waals surface area contributed by atoms with Gasteiger partial charge in [0, 0.05) is 56.1 Å². The lowest BCUT2D eigenvalue weighted by Gasteiger charge is -2.29. The number of nitrogens with zero attached hydrogens (tertiary/aromatic N) is 4. The molecular weight excluding hydrogens is 378 g/mol. The van der Waals surface area contributed by atoms with Gasteiger partial charge in [-0.3, -0.25) is 4.79 Å².